The van der Waals surface area contributed by atoms with Gasteiger partial charge in [0.2, 0.25) is 0 Å². The van der Waals surface area contributed by atoms with E-state index in [2.05, 4.69) is 31.2 Å². The number of carbonyl (C=O) groups is 2. The maximum Gasteiger partial charge on any atom is 0.319 e. The Balaban J connectivity index is 1.27. The van der Waals surface area contributed by atoms with E-state index in [1.165, 1.54) is 12.1 Å². The van der Waals surface area contributed by atoms with Gasteiger partial charge < -0.3 is 27.0 Å². The van der Waals surface area contributed by atoms with Crippen LogP contribution in [0.15, 0.2) is 48.7 Å². The molecule has 0 aliphatic heterocycles. The number of amides is 3. The van der Waals surface area contributed by atoms with E-state index in [1.807, 2.05) is 0 Å². The van der Waals surface area contributed by atoms with Crippen LogP contribution in [-0.4, -0.2) is 34.0 Å². The molecule has 0 atom stereocenters. The molecule has 0 unspecified atom stereocenters. The largest absolute Gasteiger partial charge is 0.384 e. The smallest absolute Gasteiger partial charge is 0.319 e. The maximum atomic E-state index is 14.9. The van der Waals surface area contributed by atoms with E-state index in [1.54, 1.807) is 36.5 Å². The number of hydrogen-bond acceptors (Lipinski definition) is 6. The van der Waals surface area contributed by atoms with Crippen molar-refractivity contribution in [2.75, 3.05) is 16.4 Å². The molecule has 10 heteroatoms. The third kappa shape index (κ3) is 6.32. The number of rotatable bonds is 8. The van der Waals surface area contributed by atoms with Gasteiger partial charge in [-0.2, -0.15) is 0 Å². The highest BCUT2D eigenvalue weighted by Gasteiger charge is 2.26. The van der Waals surface area contributed by atoms with Gasteiger partial charge in [-0.15, -0.1) is 0 Å². The molecule has 6 N–H and O–H groups in total. The number of nitrogens with two attached hydrogens (primary N) is 1. The Labute approximate surface area is 214 Å². The molecule has 37 heavy (non-hydrogen) atoms. The standard InChI is InChI=1S/C27H30FN7O2/c28-21-13-17(6-10-23(21)35-27(37)31-15-16-5-12-24(29)30-14-16)22-11-9-20(25(34-22)32-19-7-8-19)26(36)33-18-3-1-2-4-18/h5-6,9-14,18-19H,1-4,7-8,15H2,(H2,29,30)(H,32,34)(H,33,36)(H2,31,35,37). The van der Waals surface area contributed by atoms with E-state index in [-0.39, 0.29) is 24.2 Å². The van der Waals surface area contributed by atoms with Crippen LogP contribution in [0.1, 0.15) is 54.4 Å². The fraction of sp³-hybridized carbons (Fsp3) is 0.333. The zero-order valence-electron chi connectivity index (χ0n) is 20.4. The highest BCUT2D eigenvalue weighted by molar-refractivity contribution is 5.99. The number of nitrogens with one attached hydrogen (secondary N) is 4. The molecule has 0 radical (unpaired) electrons. The summed E-state index contributed by atoms with van der Waals surface area (Å²) in [5.41, 5.74) is 7.94. The van der Waals surface area contributed by atoms with Crippen LogP contribution in [0.25, 0.3) is 11.3 Å². The molecule has 192 valence electrons. The van der Waals surface area contributed by atoms with Gasteiger partial charge in [-0.25, -0.2) is 19.2 Å². The van der Waals surface area contributed by atoms with Gasteiger partial charge in [0.05, 0.1) is 16.9 Å². The number of halogens is 1. The molecule has 0 saturated heterocycles. The van der Waals surface area contributed by atoms with Crippen molar-refractivity contribution in [1.29, 1.82) is 0 Å². The van der Waals surface area contributed by atoms with E-state index in [0.717, 1.165) is 44.1 Å². The monoisotopic (exact) mass is 503 g/mol. The Morgan fingerprint density at radius 3 is 2.51 bits per heavy atom. The van der Waals surface area contributed by atoms with Crippen molar-refractivity contribution in [3.8, 4) is 11.3 Å². The minimum Gasteiger partial charge on any atom is -0.384 e. The number of anilines is 3. The third-order valence-electron chi connectivity index (χ3n) is 6.56. The third-order valence-corrected chi connectivity index (χ3v) is 6.56. The van der Waals surface area contributed by atoms with E-state index in [9.17, 15) is 14.0 Å². The number of hydrogen-bond donors (Lipinski definition) is 5. The van der Waals surface area contributed by atoms with Gasteiger partial charge >= 0.3 is 6.03 Å². The van der Waals surface area contributed by atoms with Gasteiger partial charge in [0.25, 0.3) is 5.91 Å². The molecule has 0 bridgehead atoms. The molecule has 2 aliphatic carbocycles. The first-order valence-electron chi connectivity index (χ1n) is 12.6. The minimum absolute atomic E-state index is 0.0422. The first-order valence-corrected chi connectivity index (χ1v) is 12.6. The van der Waals surface area contributed by atoms with Crippen molar-refractivity contribution >= 4 is 29.3 Å². The minimum atomic E-state index is -0.594. The van der Waals surface area contributed by atoms with Crippen LogP contribution in [-0.2, 0) is 6.54 Å². The summed E-state index contributed by atoms with van der Waals surface area (Å²) in [7, 11) is 0. The van der Waals surface area contributed by atoms with E-state index in [4.69, 9.17) is 5.73 Å². The summed E-state index contributed by atoms with van der Waals surface area (Å²) in [5, 5.41) is 11.6. The average molecular weight is 504 g/mol. The van der Waals surface area contributed by atoms with Crippen LogP contribution in [0.4, 0.5) is 26.5 Å². The van der Waals surface area contributed by atoms with Gasteiger partial charge in [0.15, 0.2) is 0 Å². The van der Waals surface area contributed by atoms with E-state index in [0.29, 0.717) is 34.5 Å². The number of nitrogen functional groups attached to an aromatic ring is 1. The zero-order valence-corrected chi connectivity index (χ0v) is 20.4. The number of urea groups is 1. The maximum absolute atomic E-state index is 14.9. The number of aromatic nitrogens is 2. The number of nitrogens with zero attached hydrogens (tertiary/aromatic N) is 2. The fourth-order valence-corrected chi connectivity index (χ4v) is 4.33. The molecule has 2 saturated carbocycles. The van der Waals surface area contributed by atoms with Crippen molar-refractivity contribution < 1.29 is 14.0 Å². The molecule has 2 aromatic heterocycles. The van der Waals surface area contributed by atoms with Crippen LogP contribution in [0.2, 0.25) is 0 Å². The molecule has 3 aromatic rings. The van der Waals surface area contributed by atoms with Gasteiger partial charge in [0, 0.05) is 30.4 Å². The Hall–Kier alpha value is -4.21. The Kier molecular flexibility index (Phi) is 7.16. The lowest BCUT2D eigenvalue weighted by Crippen LogP contribution is -2.33. The second-order valence-electron chi connectivity index (χ2n) is 9.56. The van der Waals surface area contributed by atoms with Crippen molar-refractivity contribution in [2.24, 2.45) is 0 Å². The fourth-order valence-electron chi connectivity index (χ4n) is 4.33. The lowest BCUT2D eigenvalue weighted by atomic mass is 10.1. The molecule has 5 rings (SSSR count). The lowest BCUT2D eigenvalue weighted by Gasteiger charge is -2.16. The zero-order chi connectivity index (χ0) is 25.8. The van der Waals surface area contributed by atoms with E-state index >= 15 is 0 Å². The molecular formula is C27H30FN7O2. The Morgan fingerprint density at radius 2 is 1.81 bits per heavy atom. The molecule has 2 aliphatic rings. The van der Waals surface area contributed by atoms with Gasteiger partial charge in [-0.05, 0) is 61.6 Å². The van der Waals surface area contributed by atoms with E-state index < -0.39 is 11.8 Å². The summed E-state index contributed by atoms with van der Waals surface area (Å²) in [6.07, 6.45) is 7.88. The molecule has 9 nitrogen and oxygen atoms in total. The quantitative estimate of drug-likeness (QED) is 0.309. The predicted octanol–water partition coefficient (Wildman–Crippen LogP) is 4.43. The lowest BCUT2D eigenvalue weighted by molar-refractivity contribution is 0.0938. The molecular weight excluding hydrogens is 473 g/mol. The number of carbonyl (C=O) groups excluding carboxylic acids is 2. The first kappa shape index (κ1) is 24.5. The summed E-state index contributed by atoms with van der Waals surface area (Å²) < 4.78 is 14.9. The highest BCUT2D eigenvalue weighted by Crippen LogP contribution is 2.30. The van der Waals surface area contributed by atoms with Crippen molar-refractivity contribution in [1.82, 2.24) is 20.6 Å². The second-order valence-corrected chi connectivity index (χ2v) is 9.56. The van der Waals surface area contributed by atoms with Crippen LogP contribution in [0.5, 0.6) is 0 Å². The Bertz CT molecular complexity index is 1290. The second kappa shape index (κ2) is 10.8. The molecule has 2 heterocycles. The normalized spacial score (nSPS) is 15.3. The number of pyridine rings is 2. The van der Waals surface area contributed by atoms with Crippen LogP contribution < -0.4 is 27.0 Å². The average Bonchev–Trinajstić information content (AvgIpc) is 3.56. The van der Waals surface area contributed by atoms with Gasteiger partial charge in [-0.3, -0.25) is 4.79 Å². The van der Waals surface area contributed by atoms with Crippen molar-refractivity contribution in [2.45, 2.75) is 57.2 Å². The van der Waals surface area contributed by atoms with Crippen LogP contribution >= 0.6 is 0 Å². The summed E-state index contributed by atoms with van der Waals surface area (Å²) in [5.74, 6) is 0.167. The summed E-state index contributed by atoms with van der Waals surface area (Å²) in [6.45, 7) is 0.222. The van der Waals surface area contributed by atoms with Crippen molar-refractivity contribution in [3.05, 3.63) is 65.6 Å². The Morgan fingerprint density at radius 1 is 1.00 bits per heavy atom. The molecule has 0 spiro atoms. The summed E-state index contributed by atoms with van der Waals surface area (Å²) >= 11 is 0. The summed E-state index contributed by atoms with van der Waals surface area (Å²) in [6, 6.07) is 11.3. The highest BCUT2D eigenvalue weighted by atomic mass is 19.1. The molecule has 2 fully saturated rings. The summed E-state index contributed by atoms with van der Waals surface area (Å²) in [4.78, 5) is 33.8. The van der Waals surface area contributed by atoms with Gasteiger partial charge in [-0.1, -0.05) is 25.0 Å². The molecule has 3 amide bonds. The number of benzene rings is 1. The van der Waals surface area contributed by atoms with Gasteiger partial charge in [0.1, 0.15) is 17.5 Å². The SMILES string of the molecule is Nc1ccc(CNC(=O)Nc2ccc(-c3ccc(C(=O)NC4CCCC4)c(NC4CC4)n3)cc2F)cn1. The predicted molar refractivity (Wildman–Crippen MR) is 141 cm³/mol. The molecule has 1 aromatic carbocycles. The van der Waals surface area contributed by atoms with Crippen LogP contribution in [0, 0.1) is 5.82 Å². The van der Waals surface area contributed by atoms with Crippen LogP contribution in [0.3, 0.4) is 0 Å². The van der Waals surface area contributed by atoms with Crippen molar-refractivity contribution in [3.63, 3.8) is 0 Å². The topological polar surface area (TPSA) is 134 Å². The first-order chi connectivity index (χ1) is 17.9.